The Morgan fingerprint density at radius 1 is 1.05 bits per heavy atom. The summed E-state index contributed by atoms with van der Waals surface area (Å²) in [7, 11) is 0. The van der Waals surface area contributed by atoms with Crippen LogP contribution in [0.1, 0.15) is 6.92 Å². The third-order valence-electron chi connectivity index (χ3n) is 2.57. The van der Waals surface area contributed by atoms with E-state index in [9.17, 15) is 4.79 Å². The normalized spacial score (nSPS) is 10.1. The van der Waals surface area contributed by atoms with Gasteiger partial charge in [0.1, 0.15) is 12.4 Å². The topological polar surface area (TPSA) is 47.6 Å². The first kappa shape index (κ1) is 14.1. The van der Waals surface area contributed by atoms with Gasteiger partial charge in [0.25, 0.3) is 0 Å². The molecule has 0 bridgehead atoms. The predicted molar refractivity (Wildman–Crippen MR) is 78.1 cm³/mol. The Balaban J connectivity index is 2.08. The van der Waals surface area contributed by atoms with E-state index in [0.29, 0.717) is 18.0 Å². The average Bonchev–Trinajstić information content (AvgIpc) is 2.48. The second-order valence-electron chi connectivity index (χ2n) is 4.10. The lowest BCUT2D eigenvalue weighted by molar-refractivity contribution is -0.120. The molecule has 0 aliphatic rings. The summed E-state index contributed by atoms with van der Waals surface area (Å²) in [6.45, 7) is 2.39. The van der Waals surface area contributed by atoms with Gasteiger partial charge in [-0.2, -0.15) is 0 Å². The molecule has 1 amide bonds. The van der Waals surface area contributed by atoms with Crippen LogP contribution in [0.3, 0.4) is 0 Å². The lowest BCUT2D eigenvalue weighted by Crippen LogP contribution is -2.18. The number of hydrogen-bond donors (Lipinski definition) is 1. The van der Waals surface area contributed by atoms with Crippen molar-refractivity contribution in [2.24, 2.45) is 0 Å². The van der Waals surface area contributed by atoms with Gasteiger partial charge in [-0.05, 0) is 31.2 Å². The molecule has 0 saturated carbocycles. The van der Waals surface area contributed by atoms with E-state index < -0.39 is 0 Å². The van der Waals surface area contributed by atoms with Crippen LogP contribution in [0.2, 0.25) is 0 Å². The van der Waals surface area contributed by atoms with Crippen molar-refractivity contribution in [2.45, 2.75) is 6.92 Å². The van der Waals surface area contributed by atoms with Crippen molar-refractivity contribution in [3.05, 3.63) is 54.6 Å². The van der Waals surface area contributed by atoms with Crippen LogP contribution in [0.5, 0.6) is 11.5 Å². The van der Waals surface area contributed by atoms with E-state index in [-0.39, 0.29) is 12.5 Å². The standard InChI is InChI=1S/C16H17NO3/c1-2-19-12-16(18)17-14-10-6-7-11-15(14)20-13-8-4-3-5-9-13/h3-11H,2,12H2,1H3,(H,17,18). The molecule has 0 aromatic heterocycles. The largest absolute Gasteiger partial charge is 0.455 e. The first-order chi connectivity index (χ1) is 9.79. The van der Waals surface area contributed by atoms with Crippen LogP contribution >= 0.6 is 0 Å². The van der Waals surface area contributed by atoms with Gasteiger partial charge in [0, 0.05) is 6.61 Å². The van der Waals surface area contributed by atoms with Crippen LogP contribution in [0.4, 0.5) is 5.69 Å². The predicted octanol–water partition coefficient (Wildman–Crippen LogP) is 3.45. The van der Waals surface area contributed by atoms with Gasteiger partial charge in [-0.25, -0.2) is 0 Å². The fraction of sp³-hybridized carbons (Fsp3) is 0.188. The molecule has 0 heterocycles. The van der Waals surface area contributed by atoms with Crippen molar-refractivity contribution in [3.63, 3.8) is 0 Å². The summed E-state index contributed by atoms with van der Waals surface area (Å²) in [5.74, 6) is 1.12. The number of anilines is 1. The zero-order valence-corrected chi connectivity index (χ0v) is 11.3. The van der Waals surface area contributed by atoms with Crippen molar-refractivity contribution in [2.75, 3.05) is 18.5 Å². The molecule has 0 fully saturated rings. The summed E-state index contributed by atoms with van der Waals surface area (Å²) in [4.78, 5) is 11.7. The van der Waals surface area contributed by atoms with Crippen molar-refractivity contribution in [3.8, 4) is 11.5 Å². The highest BCUT2D eigenvalue weighted by atomic mass is 16.5. The van der Waals surface area contributed by atoms with Crippen molar-refractivity contribution in [1.82, 2.24) is 0 Å². The summed E-state index contributed by atoms with van der Waals surface area (Å²) >= 11 is 0. The maximum Gasteiger partial charge on any atom is 0.250 e. The molecule has 104 valence electrons. The fourth-order valence-corrected chi connectivity index (χ4v) is 1.66. The maximum absolute atomic E-state index is 11.7. The third kappa shape index (κ3) is 4.10. The number of hydrogen-bond acceptors (Lipinski definition) is 3. The van der Waals surface area contributed by atoms with E-state index in [1.165, 1.54) is 0 Å². The highest BCUT2D eigenvalue weighted by molar-refractivity contribution is 5.93. The number of ether oxygens (including phenoxy) is 2. The van der Waals surface area contributed by atoms with Gasteiger partial charge in [0.15, 0.2) is 5.75 Å². The quantitative estimate of drug-likeness (QED) is 0.875. The molecule has 0 atom stereocenters. The Morgan fingerprint density at radius 3 is 2.50 bits per heavy atom. The van der Waals surface area contributed by atoms with Gasteiger partial charge in [-0.1, -0.05) is 30.3 Å². The zero-order valence-electron chi connectivity index (χ0n) is 11.3. The van der Waals surface area contributed by atoms with Crippen LogP contribution < -0.4 is 10.1 Å². The fourth-order valence-electron chi connectivity index (χ4n) is 1.66. The number of amides is 1. The highest BCUT2D eigenvalue weighted by Gasteiger charge is 2.08. The summed E-state index contributed by atoms with van der Waals surface area (Å²) in [6, 6.07) is 16.7. The summed E-state index contributed by atoms with van der Waals surface area (Å²) in [6.07, 6.45) is 0. The molecule has 0 aliphatic carbocycles. The lowest BCUT2D eigenvalue weighted by Gasteiger charge is -2.12. The van der Waals surface area contributed by atoms with E-state index >= 15 is 0 Å². The number of nitrogens with one attached hydrogen (secondary N) is 1. The first-order valence-corrected chi connectivity index (χ1v) is 6.49. The molecule has 0 aliphatic heterocycles. The van der Waals surface area contributed by atoms with Gasteiger partial charge in [-0.15, -0.1) is 0 Å². The average molecular weight is 271 g/mol. The van der Waals surface area contributed by atoms with Crippen molar-refractivity contribution in [1.29, 1.82) is 0 Å². The molecule has 4 heteroatoms. The number of carbonyl (C=O) groups is 1. The molecule has 2 aromatic carbocycles. The SMILES string of the molecule is CCOCC(=O)Nc1ccccc1Oc1ccccc1. The first-order valence-electron chi connectivity index (χ1n) is 6.49. The number of para-hydroxylation sites is 3. The summed E-state index contributed by atoms with van der Waals surface area (Å²) < 4.78 is 10.8. The highest BCUT2D eigenvalue weighted by Crippen LogP contribution is 2.28. The Kier molecular flexibility index (Phi) is 5.15. The van der Waals surface area contributed by atoms with Gasteiger partial charge < -0.3 is 14.8 Å². The van der Waals surface area contributed by atoms with E-state index in [4.69, 9.17) is 9.47 Å². The Labute approximate surface area is 118 Å². The van der Waals surface area contributed by atoms with Crippen molar-refractivity contribution >= 4 is 11.6 Å². The third-order valence-corrected chi connectivity index (χ3v) is 2.57. The molecular weight excluding hydrogens is 254 g/mol. The Bertz CT molecular complexity index is 555. The monoisotopic (exact) mass is 271 g/mol. The second-order valence-corrected chi connectivity index (χ2v) is 4.10. The summed E-state index contributed by atoms with van der Waals surface area (Å²) in [5.41, 5.74) is 0.626. The van der Waals surface area contributed by atoms with E-state index in [1.54, 1.807) is 6.07 Å². The van der Waals surface area contributed by atoms with E-state index in [0.717, 1.165) is 5.75 Å². The molecule has 0 unspecified atom stereocenters. The smallest absolute Gasteiger partial charge is 0.250 e. The van der Waals surface area contributed by atoms with Crippen LogP contribution in [-0.2, 0) is 9.53 Å². The second kappa shape index (κ2) is 7.31. The van der Waals surface area contributed by atoms with Crippen LogP contribution in [-0.4, -0.2) is 19.1 Å². The molecule has 2 aromatic rings. The lowest BCUT2D eigenvalue weighted by atomic mass is 10.3. The minimum Gasteiger partial charge on any atom is -0.455 e. The Morgan fingerprint density at radius 2 is 1.75 bits per heavy atom. The zero-order chi connectivity index (χ0) is 14.2. The van der Waals surface area contributed by atoms with Crippen LogP contribution in [0.25, 0.3) is 0 Å². The minimum absolute atomic E-state index is 0.0379. The number of carbonyl (C=O) groups excluding carboxylic acids is 1. The molecule has 0 radical (unpaired) electrons. The van der Waals surface area contributed by atoms with E-state index in [1.807, 2.05) is 55.5 Å². The summed E-state index contributed by atoms with van der Waals surface area (Å²) in [5, 5.41) is 2.78. The molecule has 20 heavy (non-hydrogen) atoms. The van der Waals surface area contributed by atoms with Gasteiger partial charge in [0.2, 0.25) is 5.91 Å². The molecule has 0 spiro atoms. The molecule has 0 saturated heterocycles. The Hall–Kier alpha value is -2.33. The van der Waals surface area contributed by atoms with Gasteiger partial charge >= 0.3 is 0 Å². The van der Waals surface area contributed by atoms with Crippen LogP contribution in [0.15, 0.2) is 54.6 Å². The van der Waals surface area contributed by atoms with Crippen molar-refractivity contribution < 1.29 is 14.3 Å². The maximum atomic E-state index is 11.7. The molecule has 1 N–H and O–H groups in total. The minimum atomic E-state index is -0.198. The molecular formula is C16H17NO3. The molecule has 2 rings (SSSR count). The van der Waals surface area contributed by atoms with Gasteiger partial charge in [0.05, 0.1) is 5.69 Å². The number of rotatable bonds is 6. The number of benzene rings is 2. The van der Waals surface area contributed by atoms with E-state index in [2.05, 4.69) is 5.32 Å². The van der Waals surface area contributed by atoms with Gasteiger partial charge in [-0.3, -0.25) is 4.79 Å². The van der Waals surface area contributed by atoms with Crippen LogP contribution in [0, 0.1) is 0 Å². The molecule has 4 nitrogen and oxygen atoms in total.